The summed E-state index contributed by atoms with van der Waals surface area (Å²) in [5.74, 6) is 3.34. The molecule has 0 unspecified atom stereocenters. The monoisotopic (exact) mass is 710 g/mol. The summed E-state index contributed by atoms with van der Waals surface area (Å²) in [6.45, 7) is 11.7. The first-order valence-electron chi connectivity index (χ1n) is 16.7. The van der Waals surface area contributed by atoms with Crippen molar-refractivity contribution in [3.8, 4) is 34.1 Å². The molecule has 2 aromatic carbocycles. The molecule has 2 aromatic rings. The summed E-state index contributed by atoms with van der Waals surface area (Å²) in [7, 11) is 0. The first kappa shape index (κ1) is 36.8. The number of ether oxygens (including phenoxy) is 4. The van der Waals surface area contributed by atoms with Crippen LogP contribution in [0, 0.1) is 0 Å². The second kappa shape index (κ2) is 23.0. The maximum Gasteiger partial charge on any atom is 0.134 e. The van der Waals surface area contributed by atoms with E-state index in [1.54, 1.807) is 0 Å². The Hall–Kier alpha value is -1.40. The summed E-state index contributed by atoms with van der Waals surface area (Å²) in [5.41, 5.74) is 1.95. The minimum absolute atomic E-state index is 0.682. The van der Waals surface area contributed by atoms with Gasteiger partial charge < -0.3 is 18.9 Å². The molecule has 0 bridgehead atoms. The lowest BCUT2D eigenvalue weighted by Crippen LogP contribution is -2.04. The molecule has 0 radical (unpaired) electrons. The first-order chi connectivity index (χ1) is 20.5. The predicted molar refractivity (Wildman–Crippen MR) is 186 cm³/mol. The molecule has 0 spiro atoms. The van der Waals surface area contributed by atoms with E-state index in [2.05, 4.69) is 83.8 Å². The van der Waals surface area contributed by atoms with Gasteiger partial charge in [0.15, 0.2) is 0 Å². The fourth-order valence-electron chi connectivity index (χ4n) is 4.80. The van der Waals surface area contributed by atoms with Crippen molar-refractivity contribution >= 4 is 31.9 Å². The number of hydrogen-bond donors (Lipinski definition) is 0. The molecular formula is C36H56Br2O4. The van der Waals surface area contributed by atoms with Gasteiger partial charge in [0.2, 0.25) is 0 Å². The highest BCUT2D eigenvalue weighted by Gasteiger charge is 2.20. The molecule has 0 fully saturated rings. The van der Waals surface area contributed by atoms with Crippen molar-refractivity contribution in [2.24, 2.45) is 0 Å². The molecule has 0 aromatic heterocycles. The second-order valence-electron chi connectivity index (χ2n) is 11.2. The molecule has 0 aliphatic rings. The van der Waals surface area contributed by atoms with E-state index in [0.717, 1.165) is 68.8 Å². The van der Waals surface area contributed by atoms with Crippen LogP contribution in [0.1, 0.15) is 130 Å². The summed E-state index contributed by atoms with van der Waals surface area (Å²) in [6.07, 6.45) is 18.7. The van der Waals surface area contributed by atoms with Gasteiger partial charge in [-0.25, -0.2) is 0 Å². The average molecular weight is 713 g/mol. The number of hydrogen-bond acceptors (Lipinski definition) is 4. The Labute approximate surface area is 273 Å². The largest absolute Gasteiger partial charge is 0.493 e. The Kier molecular flexibility index (Phi) is 20.2. The summed E-state index contributed by atoms with van der Waals surface area (Å²) >= 11 is 7.54. The fraction of sp³-hybridized carbons (Fsp3) is 0.667. The van der Waals surface area contributed by atoms with Crippen LogP contribution in [0.15, 0.2) is 33.2 Å². The molecular weight excluding hydrogens is 656 g/mol. The smallest absolute Gasteiger partial charge is 0.134 e. The molecule has 42 heavy (non-hydrogen) atoms. The number of unbranched alkanes of at least 4 members (excludes halogenated alkanes) is 12. The molecule has 0 N–H and O–H groups in total. The highest BCUT2D eigenvalue weighted by atomic mass is 79.9. The van der Waals surface area contributed by atoms with Crippen molar-refractivity contribution in [3.05, 3.63) is 33.2 Å². The summed E-state index contributed by atoms with van der Waals surface area (Å²) in [6, 6.07) is 8.36. The van der Waals surface area contributed by atoms with E-state index >= 15 is 0 Å². The van der Waals surface area contributed by atoms with Gasteiger partial charge >= 0.3 is 0 Å². The van der Waals surface area contributed by atoms with Crippen molar-refractivity contribution in [2.45, 2.75) is 130 Å². The average Bonchev–Trinajstić information content (AvgIpc) is 2.98. The molecule has 0 heterocycles. The van der Waals surface area contributed by atoms with Gasteiger partial charge in [0.05, 0.1) is 35.4 Å². The van der Waals surface area contributed by atoms with Crippen LogP contribution >= 0.6 is 31.9 Å². The van der Waals surface area contributed by atoms with Crippen LogP contribution < -0.4 is 18.9 Å². The lowest BCUT2D eigenvalue weighted by molar-refractivity contribution is 0.293. The van der Waals surface area contributed by atoms with Crippen LogP contribution in [0.25, 0.3) is 11.1 Å². The van der Waals surface area contributed by atoms with Gasteiger partial charge in [-0.1, -0.05) is 105 Å². The van der Waals surface area contributed by atoms with Crippen LogP contribution in [-0.2, 0) is 0 Å². The molecule has 238 valence electrons. The minimum atomic E-state index is 0.682. The van der Waals surface area contributed by atoms with Crippen LogP contribution in [-0.4, -0.2) is 26.4 Å². The highest BCUT2D eigenvalue weighted by Crippen LogP contribution is 2.46. The van der Waals surface area contributed by atoms with Crippen molar-refractivity contribution < 1.29 is 18.9 Å². The van der Waals surface area contributed by atoms with Crippen LogP contribution in [0.4, 0.5) is 0 Å². The van der Waals surface area contributed by atoms with E-state index < -0.39 is 0 Å². The Morgan fingerprint density at radius 2 is 0.667 bits per heavy atom. The topological polar surface area (TPSA) is 36.9 Å². The number of halogens is 2. The number of benzene rings is 2. The molecule has 0 saturated heterocycles. The molecule has 0 aliphatic heterocycles. The number of rotatable bonds is 25. The Morgan fingerprint density at radius 1 is 0.381 bits per heavy atom. The fourth-order valence-corrected chi connectivity index (χ4v) is 5.67. The summed E-state index contributed by atoms with van der Waals surface area (Å²) in [5, 5.41) is 0. The molecule has 0 atom stereocenters. The molecule has 6 heteroatoms. The van der Waals surface area contributed by atoms with Gasteiger partial charge in [-0.3, -0.25) is 0 Å². The van der Waals surface area contributed by atoms with E-state index in [0.29, 0.717) is 26.4 Å². The Morgan fingerprint density at radius 3 is 0.952 bits per heavy atom. The summed E-state index contributed by atoms with van der Waals surface area (Å²) in [4.78, 5) is 0. The van der Waals surface area contributed by atoms with E-state index in [4.69, 9.17) is 18.9 Å². The zero-order valence-electron chi connectivity index (χ0n) is 26.8. The maximum absolute atomic E-state index is 6.45. The lowest BCUT2D eigenvalue weighted by Gasteiger charge is -2.20. The van der Waals surface area contributed by atoms with Crippen molar-refractivity contribution in [1.29, 1.82) is 0 Å². The van der Waals surface area contributed by atoms with Gasteiger partial charge in [0, 0.05) is 11.1 Å². The zero-order valence-corrected chi connectivity index (χ0v) is 30.0. The van der Waals surface area contributed by atoms with E-state index in [1.165, 1.54) is 77.0 Å². The van der Waals surface area contributed by atoms with Gasteiger partial charge in [0.1, 0.15) is 23.0 Å². The van der Waals surface area contributed by atoms with Crippen LogP contribution in [0.3, 0.4) is 0 Å². The molecule has 4 nitrogen and oxygen atoms in total. The van der Waals surface area contributed by atoms with Crippen molar-refractivity contribution in [1.82, 2.24) is 0 Å². The third-order valence-corrected chi connectivity index (χ3v) is 8.62. The molecule has 0 saturated carbocycles. The molecule has 0 amide bonds. The Bertz CT molecular complexity index is 915. The molecule has 2 rings (SSSR count). The van der Waals surface area contributed by atoms with Gasteiger partial charge in [-0.05, 0) is 81.8 Å². The lowest BCUT2D eigenvalue weighted by atomic mass is 10.0. The summed E-state index contributed by atoms with van der Waals surface area (Å²) < 4.78 is 27.3. The van der Waals surface area contributed by atoms with Gasteiger partial charge in [-0.2, -0.15) is 0 Å². The normalized spacial score (nSPS) is 11.1. The maximum atomic E-state index is 6.45. The quantitative estimate of drug-likeness (QED) is 0.0961. The van der Waals surface area contributed by atoms with E-state index in [-0.39, 0.29) is 0 Å². The zero-order chi connectivity index (χ0) is 30.4. The van der Waals surface area contributed by atoms with E-state index in [1.807, 2.05) is 0 Å². The highest BCUT2D eigenvalue weighted by molar-refractivity contribution is 9.11. The van der Waals surface area contributed by atoms with Crippen molar-refractivity contribution in [3.63, 3.8) is 0 Å². The van der Waals surface area contributed by atoms with E-state index in [9.17, 15) is 0 Å². The molecule has 0 aliphatic carbocycles. The SMILES string of the molecule is CCCCCCOc1cc(-c2cc(OCCCCCC)c(Br)cc2OCCCCCC)c(OCCCCCC)cc1Br. The van der Waals surface area contributed by atoms with Gasteiger partial charge in [-0.15, -0.1) is 0 Å². The van der Waals surface area contributed by atoms with Crippen LogP contribution in [0.2, 0.25) is 0 Å². The minimum Gasteiger partial charge on any atom is -0.493 e. The Balaban J connectivity index is 2.43. The standard InChI is InChI=1S/C36H56Br2O4/c1-5-9-13-17-21-39-33-27-31(37)35(41-23-19-15-11-7-3)25-29(33)30-26-36(42-24-20-16-12-8-4)32(38)28-34(30)40-22-18-14-10-6-2/h25-28H,5-24H2,1-4H3. The third kappa shape index (κ3) is 13.9. The van der Waals surface area contributed by atoms with Crippen LogP contribution in [0.5, 0.6) is 23.0 Å². The third-order valence-electron chi connectivity index (χ3n) is 7.38. The van der Waals surface area contributed by atoms with Gasteiger partial charge in [0.25, 0.3) is 0 Å². The van der Waals surface area contributed by atoms with Crippen molar-refractivity contribution in [2.75, 3.05) is 26.4 Å². The first-order valence-corrected chi connectivity index (χ1v) is 18.3. The predicted octanol–water partition coefficient (Wildman–Crippen LogP) is 12.7. The second-order valence-corrected chi connectivity index (χ2v) is 12.9.